The Morgan fingerprint density at radius 2 is 0.809 bits per heavy atom. The number of fused-ring (bicyclic) bond motifs is 7. The van der Waals surface area contributed by atoms with Gasteiger partial charge in [0, 0.05) is 32.6 Å². The molecule has 7 aromatic carbocycles. The molecule has 0 aliphatic rings. The number of hydrogen-bond acceptors (Lipinski definition) is 10. The molecule has 13 aromatic rings. The number of halogens is 1. The molecule has 68 heavy (non-hydrogen) atoms. The Kier molecular flexibility index (Phi) is 13.5. The topological polar surface area (TPSA) is 112 Å². The van der Waals surface area contributed by atoms with E-state index < -0.39 is 11.3 Å². The fraction of sp³-hybridized carbons (Fsp3) is 0. The van der Waals surface area contributed by atoms with Gasteiger partial charge in [0.2, 0.25) is 0 Å². The third-order valence-electron chi connectivity index (χ3n) is 10.9. The van der Waals surface area contributed by atoms with Crippen LogP contribution >= 0.6 is 22.7 Å². The van der Waals surface area contributed by atoms with Crippen LogP contribution in [0, 0.1) is 12.1 Å². The molecule has 6 heterocycles. The Morgan fingerprint density at radius 1 is 0.426 bits per heavy atom. The standard InChI is InChI=1S/C24H16N2.2C16H8NO2S.ClH.Ir/c1-3-7-17(8-4-1)19-13-15-25-23-21(19)11-12-22-20(14-16-26-24(22)23)18-9-5-2-6-10-18;2*18-16-11(9-10-5-1-3-7-13(10)19-16)15-17-12-6-2-4-8-14(12)20-15;;/h1-16H;2*1-8H;1H;/q;2*-1;;+3/p-1. The molecule has 0 aliphatic heterocycles. The fourth-order valence-electron chi connectivity index (χ4n) is 7.80. The molecule has 328 valence electrons. The van der Waals surface area contributed by atoms with Gasteiger partial charge in [-0.15, -0.1) is 24.3 Å². The van der Waals surface area contributed by atoms with E-state index in [9.17, 15) is 9.59 Å². The second-order valence-corrected chi connectivity index (χ2v) is 17.1. The first-order chi connectivity index (χ1) is 32.5. The maximum absolute atomic E-state index is 12.1. The smallest absolute Gasteiger partial charge is 1.00 e. The number of thiazole rings is 2. The Balaban J connectivity index is 0.000000127. The quantitative estimate of drug-likeness (QED) is 0.0973. The van der Waals surface area contributed by atoms with Gasteiger partial charge in [-0.25, -0.2) is 0 Å². The first-order valence-corrected chi connectivity index (χ1v) is 22.6. The molecule has 0 N–H and O–H groups in total. The zero-order chi connectivity index (χ0) is 44.4. The maximum Gasteiger partial charge on any atom is 3.00 e. The molecule has 0 fully saturated rings. The molecule has 0 spiro atoms. The van der Waals surface area contributed by atoms with Crippen molar-refractivity contribution in [3.8, 4) is 43.4 Å². The van der Waals surface area contributed by atoms with Gasteiger partial charge in [-0.2, -0.15) is 22.7 Å². The van der Waals surface area contributed by atoms with Crippen molar-refractivity contribution in [2.45, 2.75) is 0 Å². The predicted octanol–water partition coefficient (Wildman–Crippen LogP) is 10.9. The van der Waals surface area contributed by atoms with Gasteiger partial charge >= 0.3 is 20.1 Å². The fourth-order valence-corrected chi connectivity index (χ4v) is 9.70. The van der Waals surface area contributed by atoms with E-state index in [0.717, 1.165) is 53.0 Å². The predicted molar refractivity (Wildman–Crippen MR) is 268 cm³/mol. The van der Waals surface area contributed by atoms with Gasteiger partial charge in [-0.3, -0.25) is 29.5 Å². The minimum atomic E-state index is -0.400. The van der Waals surface area contributed by atoms with Crippen molar-refractivity contribution in [3.63, 3.8) is 0 Å². The summed E-state index contributed by atoms with van der Waals surface area (Å²) in [5.74, 6) is 0. The number of pyridine rings is 2. The van der Waals surface area contributed by atoms with Crippen LogP contribution < -0.4 is 23.7 Å². The third kappa shape index (κ3) is 9.14. The van der Waals surface area contributed by atoms with E-state index in [1.807, 2.05) is 109 Å². The van der Waals surface area contributed by atoms with Gasteiger partial charge in [-0.05, 0) is 69.8 Å². The van der Waals surface area contributed by atoms with Crippen LogP contribution in [-0.4, -0.2) is 19.9 Å². The zero-order valence-electron chi connectivity index (χ0n) is 35.4. The van der Waals surface area contributed by atoms with Gasteiger partial charge in [-0.1, -0.05) is 144 Å². The summed E-state index contributed by atoms with van der Waals surface area (Å²) in [4.78, 5) is 42.4. The largest absolute Gasteiger partial charge is 3.00 e. The average Bonchev–Trinajstić information content (AvgIpc) is 4.02. The summed E-state index contributed by atoms with van der Waals surface area (Å²) in [6.07, 6.45) is 3.75. The number of hydrogen-bond donors (Lipinski definition) is 0. The summed E-state index contributed by atoms with van der Waals surface area (Å²) in [7, 11) is 0. The summed E-state index contributed by atoms with van der Waals surface area (Å²) >= 11 is 2.94. The van der Waals surface area contributed by atoms with Gasteiger partial charge < -0.3 is 21.2 Å². The molecule has 0 radical (unpaired) electrons. The molecule has 8 nitrogen and oxygen atoms in total. The summed E-state index contributed by atoms with van der Waals surface area (Å²) in [5.41, 5.74) is 9.49. The molecule has 0 saturated heterocycles. The second kappa shape index (κ2) is 20.2. The molecule has 0 bridgehead atoms. The Hall–Kier alpha value is -7.50. The van der Waals surface area contributed by atoms with Gasteiger partial charge in [0.05, 0.1) is 43.2 Å². The Labute approximate surface area is 416 Å². The first-order valence-electron chi connectivity index (χ1n) is 20.9. The van der Waals surface area contributed by atoms with Crippen LogP contribution in [0.5, 0.6) is 0 Å². The molecule has 0 saturated carbocycles. The summed E-state index contributed by atoms with van der Waals surface area (Å²) < 4.78 is 12.7. The normalized spacial score (nSPS) is 10.8. The zero-order valence-corrected chi connectivity index (χ0v) is 40.2. The van der Waals surface area contributed by atoms with E-state index in [4.69, 9.17) is 8.83 Å². The summed E-state index contributed by atoms with van der Waals surface area (Å²) in [5, 5.41) is 5.10. The van der Waals surface area contributed by atoms with Crippen molar-refractivity contribution in [3.05, 3.63) is 227 Å². The van der Waals surface area contributed by atoms with E-state index >= 15 is 0 Å². The van der Waals surface area contributed by atoms with Crippen LogP contribution in [-0.2, 0) is 20.1 Å². The summed E-state index contributed by atoms with van der Waals surface area (Å²) in [6, 6.07) is 65.9. The van der Waals surface area contributed by atoms with E-state index in [1.54, 1.807) is 12.1 Å². The van der Waals surface area contributed by atoms with Crippen LogP contribution in [0.25, 0.3) is 108 Å². The summed E-state index contributed by atoms with van der Waals surface area (Å²) in [6.45, 7) is 0. The van der Waals surface area contributed by atoms with Crippen molar-refractivity contribution < 1.29 is 41.3 Å². The molecule has 12 heteroatoms. The van der Waals surface area contributed by atoms with Crippen LogP contribution in [0.15, 0.2) is 213 Å². The van der Waals surface area contributed by atoms with E-state index in [1.165, 1.54) is 44.9 Å². The van der Waals surface area contributed by atoms with E-state index in [0.29, 0.717) is 32.3 Å². The molecule has 0 aliphatic carbocycles. The number of rotatable bonds is 4. The third-order valence-corrected chi connectivity index (χ3v) is 13.0. The number of aromatic nitrogens is 4. The van der Waals surface area contributed by atoms with Crippen molar-refractivity contribution >= 4 is 86.9 Å². The number of benzene rings is 7. The van der Waals surface area contributed by atoms with E-state index in [-0.39, 0.29) is 32.5 Å². The molecule has 13 rings (SSSR count). The van der Waals surface area contributed by atoms with Crippen molar-refractivity contribution in [2.75, 3.05) is 0 Å². The molecule has 0 atom stereocenters. The number of para-hydroxylation sites is 4. The molecular formula is C56H32ClIrN4O4S2. The first kappa shape index (κ1) is 45.6. The van der Waals surface area contributed by atoms with Crippen LogP contribution in [0.2, 0.25) is 0 Å². The molecular weight excluding hydrogens is 1080 g/mol. The van der Waals surface area contributed by atoms with Crippen LogP contribution in [0.3, 0.4) is 0 Å². The Bertz CT molecular complexity index is 3700. The second-order valence-electron chi connectivity index (χ2n) is 15.1. The van der Waals surface area contributed by atoms with Gasteiger partial charge in [0.15, 0.2) is 0 Å². The monoisotopic (exact) mass is 1120 g/mol. The maximum atomic E-state index is 12.1. The van der Waals surface area contributed by atoms with E-state index in [2.05, 4.69) is 105 Å². The van der Waals surface area contributed by atoms with Crippen molar-refractivity contribution in [1.29, 1.82) is 0 Å². The van der Waals surface area contributed by atoms with Crippen LogP contribution in [0.1, 0.15) is 0 Å². The molecule has 0 unspecified atom stereocenters. The van der Waals surface area contributed by atoms with Gasteiger partial charge in [0.25, 0.3) is 11.3 Å². The SMILES string of the molecule is O=c1oc2ccccc2[c-]c1-c1nc2ccccc2s1.O=c1oc2ccccc2[c-]c1-c1nc2ccccc2s1.[Cl-].[Ir+3].c1ccc(-c2ccnc3c2ccc2c(-c4ccccc4)ccnc23)cc1. The molecule has 0 amide bonds. The van der Waals surface area contributed by atoms with Crippen molar-refractivity contribution in [1.82, 2.24) is 19.9 Å². The number of nitrogens with zero attached hydrogens (tertiary/aromatic N) is 4. The molecule has 6 aromatic heterocycles. The minimum Gasteiger partial charge on any atom is -1.00 e. The van der Waals surface area contributed by atoms with Gasteiger partial charge in [0.1, 0.15) is 0 Å². The van der Waals surface area contributed by atoms with Crippen LogP contribution in [0.4, 0.5) is 0 Å². The Morgan fingerprint density at radius 3 is 1.24 bits per heavy atom. The minimum absolute atomic E-state index is 0. The average molecular weight is 1120 g/mol. The van der Waals surface area contributed by atoms with Crippen molar-refractivity contribution in [2.24, 2.45) is 0 Å².